The quantitative estimate of drug-likeness (QED) is 0.901. The lowest BCUT2D eigenvalue weighted by Crippen LogP contribution is -2.30. The molecule has 3 heteroatoms. The van der Waals surface area contributed by atoms with Crippen molar-refractivity contribution in [3.63, 3.8) is 0 Å². The third kappa shape index (κ3) is 3.04. The first-order chi connectivity index (χ1) is 9.17. The largest absolute Gasteiger partial charge is 0.370 e. The second-order valence-electron chi connectivity index (χ2n) is 6.25. The zero-order chi connectivity index (χ0) is 13.3. The molecular formula is C16H25NOS. The molecule has 1 aliphatic carbocycles. The van der Waals surface area contributed by atoms with E-state index in [1.54, 1.807) is 0 Å². The predicted octanol–water partition coefficient (Wildman–Crippen LogP) is 3.95. The lowest BCUT2D eigenvalue weighted by atomic mass is 9.98. The summed E-state index contributed by atoms with van der Waals surface area (Å²) in [4.78, 5) is 2.89. The molecule has 2 fully saturated rings. The Bertz CT molecular complexity index is 414. The fraction of sp³-hybridized carbons (Fsp3) is 0.750. The Balaban J connectivity index is 1.43. The van der Waals surface area contributed by atoms with E-state index in [0.29, 0.717) is 6.10 Å². The van der Waals surface area contributed by atoms with Crippen LogP contribution in [0, 0.1) is 13.8 Å². The molecule has 1 aromatic rings. The van der Waals surface area contributed by atoms with Gasteiger partial charge in [0.15, 0.2) is 0 Å². The Morgan fingerprint density at radius 1 is 1.32 bits per heavy atom. The maximum absolute atomic E-state index is 6.32. The average Bonchev–Trinajstić information content (AvgIpc) is 3.06. The molecule has 1 aromatic heterocycles. The second kappa shape index (κ2) is 5.55. The van der Waals surface area contributed by atoms with Gasteiger partial charge in [0, 0.05) is 22.8 Å². The van der Waals surface area contributed by atoms with Crippen molar-refractivity contribution in [2.75, 3.05) is 6.54 Å². The maximum Gasteiger partial charge on any atom is 0.0708 e. The zero-order valence-electron chi connectivity index (χ0n) is 12.1. The van der Waals surface area contributed by atoms with Crippen LogP contribution in [0.4, 0.5) is 0 Å². The summed E-state index contributed by atoms with van der Waals surface area (Å²) < 4.78 is 6.32. The number of ether oxygens (including phenoxy) is 1. The minimum absolute atomic E-state index is 0.280. The average molecular weight is 279 g/mol. The standard InChI is InChI=1S/C16H25NOS/c1-12-9-15(19-13(12)2)11-17-10-14-5-8-16(18-14)6-3-4-7-16/h9,14,17H,3-8,10-11H2,1-2H3. The number of rotatable bonds is 4. The predicted molar refractivity (Wildman–Crippen MR) is 80.8 cm³/mol. The maximum atomic E-state index is 6.32. The van der Waals surface area contributed by atoms with Crippen molar-refractivity contribution in [1.82, 2.24) is 5.32 Å². The molecule has 0 amide bonds. The summed E-state index contributed by atoms with van der Waals surface area (Å²) in [7, 11) is 0. The molecule has 1 saturated carbocycles. The van der Waals surface area contributed by atoms with E-state index in [9.17, 15) is 0 Å². The van der Waals surface area contributed by atoms with Crippen LogP contribution >= 0.6 is 11.3 Å². The summed E-state index contributed by atoms with van der Waals surface area (Å²) in [5, 5.41) is 3.58. The van der Waals surface area contributed by atoms with E-state index in [1.165, 1.54) is 53.8 Å². The van der Waals surface area contributed by atoms with Gasteiger partial charge in [-0.2, -0.15) is 0 Å². The van der Waals surface area contributed by atoms with Crippen molar-refractivity contribution in [2.24, 2.45) is 0 Å². The molecular weight excluding hydrogens is 254 g/mol. The highest BCUT2D eigenvalue weighted by molar-refractivity contribution is 7.12. The molecule has 1 unspecified atom stereocenters. The van der Waals surface area contributed by atoms with E-state index in [4.69, 9.17) is 4.74 Å². The minimum atomic E-state index is 0.280. The third-order valence-corrected chi connectivity index (χ3v) is 5.89. The van der Waals surface area contributed by atoms with Crippen molar-refractivity contribution in [3.05, 3.63) is 21.4 Å². The molecule has 2 heterocycles. The van der Waals surface area contributed by atoms with Crippen LogP contribution < -0.4 is 5.32 Å². The summed E-state index contributed by atoms with van der Waals surface area (Å²) in [6, 6.07) is 2.31. The monoisotopic (exact) mass is 279 g/mol. The Morgan fingerprint density at radius 2 is 2.11 bits per heavy atom. The molecule has 0 radical (unpaired) electrons. The second-order valence-corrected chi connectivity index (χ2v) is 7.59. The van der Waals surface area contributed by atoms with Crippen LogP contribution in [0.15, 0.2) is 6.07 Å². The van der Waals surface area contributed by atoms with Crippen molar-refractivity contribution < 1.29 is 4.74 Å². The highest BCUT2D eigenvalue weighted by Gasteiger charge is 2.41. The van der Waals surface area contributed by atoms with Gasteiger partial charge >= 0.3 is 0 Å². The van der Waals surface area contributed by atoms with Crippen molar-refractivity contribution in [2.45, 2.75) is 70.6 Å². The molecule has 1 spiro atoms. The van der Waals surface area contributed by atoms with Crippen molar-refractivity contribution in [1.29, 1.82) is 0 Å². The van der Waals surface area contributed by atoms with Gasteiger partial charge in [-0.05, 0) is 51.2 Å². The molecule has 1 aliphatic heterocycles. The molecule has 1 saturated heterocycles. The van der Waals surface area contributed by atoms with Gasteiger partial charge in [0.1, 0.15) is 0 Å². The Kier molecular flexibility index (Phi) is 3.97. The number of hydrogen-bond acceptors (Lipinski definition) is 3. The summed E-state index contributed by atoms with van der Waals surface area (Å²) in [6.07, 6.45) is 8.31. The van der Waals surface area contributed by atoms with E-state index in [1.807, 2.05) is 11.3 Å². The molecule has 0 aromatic carbocycles. The molecule has 1 atom stereocenters. The molecule has 2 aliphatic rings. The van der Waals surface area contributed by atoms with E-state index in [-0.39, 0.29) is 5.60 Å². The number of nitrogens with one attached hydrogen (secondary N) is 1. The van der Waals surface area contributed by atoms with Gasteiger partial charge < -0.3 is 10.1 Å². The highest BCUT2D eigenvalue weighted by Crippen LogP contribution is 2.43. The minimum Gasteiger partial charge on any atom is -0.370 e. The van der Waals surface area contributed by atoms with E-state index < -0.39 is 0 Å². The summed E-state index contributed by atoms with van der Waals surface area (Å²) in [6.45, 7) is 6.40. The van der Waals surface area contributed by atoms with Crippen LogP contribution in [0.1, 0.15) is 53.8 Å². The van der Waals surface area contributed by atoms with Crippen LogP contribution in [0.2, 0.25) is 0 Å². The summed E-state index contributed by atoms with van der Waals surface area (Å²) in [5.74, 6) is 0. The van der Waals surface area contributed by atoms with E-state index in [2.05, 4.69) is 25.2 Å². The number of aryl methyl sites for hydroxylation is 2. The summed E-state index contributed by atoms with van der Waals surface area (Å²) >= 11 is 1.91. The van der Waals surface area contributed by atoms with E-state index in [0.717, 1.165) is 13.1 Å². The number of hydrogen-bond donors (Lipinski definition) is 1. The fourth-order valence-corrected chi connectivity index (χ4v) is 4.54. The highest BCUT2D eigenvalue weighted by atomic mass is 32.1. The lowest BCUT2D eigenvalue weighted by molar-refractivity contribution is -0.0351. The first-order valence-corrected chi connectivity index (χ1v) is 8.43. The fourth-order valence-electron chi connectivity index (χ4n) is 3.52. The van der Waals surface area contributed by atoms with Crippen LogP contribution in [0.3, 0.4) is 0 Å². The molecule has 3 rings (SSSR count). The molecule has 0 bridgehead atoms. The van der Waals surface area contributed by atoms with Crippen LogP contribution in [-0.4, -0.2) is 18.2 Å². The topological polar surface area (TPSA) is 21.3 Å². The third-order valence-electron chi connectivity index (χ3n) is 4.74. The van der Waals surface area contributed by atoms with E-state index >= 15 is 0 Å². The van der Waals surface area contributed by atoms with Crippen molar-refractivity contribution >= 4 is 11.3 Å². The van der Waals surface area contributed by atoms with Gasteiger partial charge in [-0.25, -0.2) is 0 Å². The zero-order valence-corrected chi connectivity index (χ0v) is 12.9. The Morgan fingerprint density at radius 3 is 2.79 bits per heavy atom. The molecule has 106 valence electrons. The first-order valence-electron chi connectivity index (χ1n) is 7.61. The van der Waals surface area contributed by atoms with Crippen LogP contribution in [-0.2, 0) is 11.3 Å². The van der Waals surface area contributed by atoms with Crippen LogP contribution in [0.25, 0.3) is 0 Å². The molecule has 1 N–H and O–H groups in total. The molecule has 2 nitrogen and oxygen atoms in total. The number of thiophene rings is 1. The van der Waals surface area contributed by atoms with Crippen LogP contribution in [0.5, 0.6) is 0 Å². The Labute approximate surface area is 120 Å². The smallest absolute Gasteiger partial charge is 0.0708 e. The normalized spacial score (nSPS) is 25.5. The molecule has 19 heavy (non-hydrogen) atoms. The lowest BCUT2D eigenvalue weighted by Gasteiger charge is -2.23. The van der Waals surface area contributed by atoms with Crippen molar-refractivity contribution in [3.8, 4) is 0 Å². The van der Waals surface area contributed by atoms with Gasteiger partial charge in [-0.15, -0.1) is 11.3 Å². The van der Waals surface area contributed by atoms with Gasteiger partial charge in [0.25, 0.3) is 0 Å². The Hall–Kier alpha value is -0.380. The van der Waals surface area contributed by atoms with Gasteiger partial charge in [-0.1, -0.05) is 12.8 Å². The first kappa shape index (κ1) is 13.6. The SMILES string of the molecule is Cc1cc(CNCC2CCC3(CCCC3)O2)sc1C. The summed E-state index contributed by atoms with van der Waals surface area (Å²) in [5.41, 5.74) is 1.70. The van der Waals surface area contributed by atoms with Gasteiger partial charge in [0.05, 0.1) is 11.7 Å². The van der Waals surface area contributed by atoms with Gasteiger partial charge in [-0.3, -0.25) is 0 Å². The van der Waals surface area contributed by atoms with Gasteiger partial charge in [0.2, 0.25) is 0 Å².